The number of rotatable bonds is 4. The van der Waals surface area contributed by atoms with Gasteiger partial charge in [0.2, 0.25) is 0 Å². The lowest BCUT2D eigenvalue weighted by Crippen LogP contribution is -2.58. The molecule has 21 heavy (non-hydrogen) atoms. The molecular weight excluding hydrogens is 268 g/mol. The summed E-state index contributed by atoms with van der Waals surface area (Å²) in [6.45, 7) is 4.57. The van der Waals surface area contributed by atoms with E-state index < -0.39 is 11.5 Å². The largest absolute Gasteiger partial charge is 0.479 e. The summed E-state index contributed by atoms with van der Waals surface area (Å²) in [4.78, 5) is 25.8. The van der Waals surface area contributed by atoms with Gasteiger partial charge in [0.1, 0.15) is 5.54 Å². The molecule has 0 aromatic rings. The topological polar surface area (TPSA) is 69.6 Å². The molecule has 0 aromatic heterocycles. The Morgan fingerprint density at radius 1 is 1.24 bits per heavy atom. The Morgan fingerprint density at radius 2 is 1.95 bits per heavy atom. The van der Waals surface area contributed by atoms with Crippen LogP contribution >= 0.6 is 0 Å². The predicted octanol–water partition coefficient (Wildman–Crippen LogP) is 2.99. The molecule has 0 spiro atoms. The molecule has 120 valence electrons. The highest BCUT2D eigenvalue weighted by atomic mass is 16.4. The highest BCUT2D eigenvalue weighted by Crippen LogP contribution is 2.33. The first-order valence-electron chi connectivity index (χ1n) is 8.36. The molecule has 5 heteroatoms. The Hall–Kier alpha value is -1.26. The minimum absolute atomic E-state index is 0.179. The van der Waals surface area contributed by atoms with E-state index in [4.69, 9.17) is 0 Å². The average Bonchev–Trinajstić information content (AvgIpc) is 2.93. The van der Waals surface area contributed by atoms with Crippen molar-refractivity contribution in [1.82, 2.24) is 10.2 Å². The van der Waals surface area contributed by atoms with Crippen LogP contribution < -0.4 is 5.32 Å². The van der Waals surface area contributed by atoms with Gasteiger partial charge in [0, 0.05) is 12.6 Å². The number of likely N-dealkylation sites (tertiary alicyclic amines) is 1. The van der Waals surface area contributed by atoms with E-state index >= 15 is 0 Å². The summed E-state index contributed by atoms with van der Waals surface area (Å²) in [5.74, 6) is -0.334. The molecule has 2 N–H and O–H groups in total. The van der Waals surface area contributed by atoms with E-state index in [0.29, 0.717) is 25.3 Å². The molecule has 5 nitrogen and oxygen atoms in total. The molecule has 0 aromatic carbocycles. The zero-order valence-electron chi connectivity index (χ0n) is 13.2. The monoisotopic (exact) mass is 296 g/mol. The maximum atomic E-state index is 12.6. The Morgan fingerprint density at radius 3 is 2.57 bits per heavy atom. The zero-order chi connectivity index (χ0) is 15.5. The lowest BCUT2D eigenvalue weighted by molar-refractivity contribution is -0.148. The van der Waals surface area contributed by atoms with Crippen LogP contribution in [0.4, 0.5) is 4.79 Å². The SMILES string of the molecule is CCC1CCCCC1NC(=O)N1CCCC1(CC)C(=O)O. The van der Waals surface area contributed by atoms with Crippen molar-refractivity contribution in [2.45, 2.75) is 76.8 Å². The van der Waals surface area contributed by atoms with E-state index in [1.54, 1.807) is 4.90 Å². The summed E-state index contributed by atoms with van der Waals surface area (Å²) in [5.41, 5.74) is -1.000. The number of carboxylic acid groups (broad SMARTS) is 1. The first kappa shape index (κ1) is 16.1. The first-order valence-corrected chi connectivity index (χ1v) is 8.36. The van der Waals surface area contributed by atoms with Crippen molar-refractivity contribution < 1.29 is 14.7 Å². The molecule has 2 rings (SSSR count). The normalized spacial score (nSPS) is 33.0. The smallest absolute Gasteiger partial charge is 0.329 e. The molecule has 3 unspecified atom stereocenters. The van der Waals surface area contributed by atoms with Gasteiger partial charge in [-0.15, -0.1) is 0 Å². The highest BCUT2D eigenvalue weighted by Gasteiger charge is 2.49. The summed E-state index contributed by atoms with van der Waals surface area (Å²) >= 11 is 0. The van der Waals surface area contributed by atoms with Gasteiger partial charge in [0.25, 0.3) is 0 Å². The van der Waals surface area contributed by atoms with Crippen molar-refractivity contribution >= 4 is 12.0 Å². The minimum atomic E-state index is -1.000. The van der Waals surface area contributed by atoms with Gasteiger partial charge >= 0.3 is 12.0 Å². The fourth-order valence-electron chi connectivity index (χ4n) is 4.04. The lowest BCUT2D eigenvalue weighted by Gasteiger charge is -2.37. The second-order valence-corrected chi connectivity index (χ2v) is 6.45. The van der Waals surface area contributed by atoms with Crippen LogP contribution in [0.1, 0.15) is 65.2 Å². The van der Waals surface area contributed by atoms with Gasteiger partial charge in [0.05, 0.1) is 0 Å². The third-order valence-electron chi connectivity index (χ3n) is 5.46. The van der Waals surface area contributed by atoms with E-state index in [1.807, 2.05) is 6.92 Å². The zero-order valence-corrected chi connectivity index (χ0v) is 13.2. The van der Waals surface area contributed by atoms with E-state index in [2.05, 4.69) is 12.2 Å². The number of hydrogen-bond acceptors (Lipinski definition) is 2. The molecule has 2 fully saturated rings. The summed E-state index contributed by atoms with van der Waals surface area (Å²) in [5, 5.41) is 12.7. The number of amides is 2. The van der Waals surface area contributed by atoms with Gasteiger partial charge in [-0.3, -0.25) is 0 Å². The van der Waals surface area contributed by atoms with Gasteiger partial charge in [0.15, 0.2) is 0 Å². The number of aliphatic carboxylic acids is 1. The van der Waals surface area contributed by atoms with Gasteiger partial charge in [-0.25, -0.2) is 9.59 Å². The van der Waals surface area contributed by atoms with Crippen molar-refractivity contribution in [3.05, 3.63) is 0 Å². The van der Waals surface area contributed by atoms with Crippen molar-refractivity contribution in [1.29, 1.82) is 0 Å². The standard InChI is InChI=1S/C16H28N2O3/c1-3-12-8-5-6-9-13(12)17-15(21)18-11-7-10-16(18,4-2)14(19)20/h12-13H,3-11H2,1-2H3,(H,17,21)(H,19,20). The molecule has 2 amide bonds. The van der Waals surface area contributed by atoms with Gasteiger partial charge in [-0.1, -0.05) is 33.1 Å². The van der Waals surface area contributed by atoms with E-state index in [9.17, 15) is 14.7 Å². The number of nitrogens with zero attached hydrogens (tertiary/aromatic N) is 1. The quantitative estimate of drug-likeness (QED) is 0.838. The van der Waals surface area contributed by atoms with Crippen LogP contribution in [0.25, 0.3) is 0 Å². The van der Waals surface area contributed by atoms with Crippen LogP contribution in [0.2, 0.25) is 0 Å². The molecule has 1 aliphatic heterocycles. The molecule has 1 saturated heterocycles. The summed E-state index contributed by atoms with van der Waals surface area (Å²) in [6, 6.07) is 0.0299. The van der Waals surface area contributed by atoms with Crippen LogP contribution in [-0.4, -0.2) is 40.1 Å². The van der Waals surface area contributed by atoms with Crippen LogP contribution in [0.15, 0.2) is 0 Å². The molecule has 0 radical (unpaired) electrons. The van der Waals surface area contributed by atoms with Crippen LogP contribution in [-0.2, 0) is 4.79 Å². The number of hydrogen-bond donors (Lipinski definition) is 2. The number of nitrogens with one attached hydrogen (secondary N) is 1. The lowest BCUT2D eigenvalue weighted by atomic mass is 9.83. The Balaban J connectivity index is 2.06. The molecule has 1 heterocycles. The summed E-state index contributed by atoms with van der Waals surface area (Å²) in [7, 11) is 0. The van der Waals surface area contributed by atoms with Crippen molar-refractivity contribution in [2.75, 3.05) is 6.54 Å². The summed E-state index contributed by atoms with van der Waals surface area (Å²) < 4.78 is 0. The van der Waals surface area contributed by atoms with Gasteiger partial charge in [-0.05, 0) is 38.0 Å². The van der Waals surface area contributed by atoms with Crippen LogP contribution in [0, 0.1) is 5.92 Å². The second kappa shape index (κ2) is 6.67. The molecule has 0 bridgehead atoms. The predicted molar refractivity (Wildman–Crippen MR) is 81.2 cm³/mol. The first-order chi connectivity index (χ1) is 10.0. The number of carboxylic acids is 1. The maximum Gasteiger partial charge on any atom is 0.329 e. The Bertz CT molecular complexity index is 399. The minimum Gasteiger partial charge on any atom is -0.479 e. The molecule has 2 aliphatic rings. The Kier molecular flexibility index (Phi) is 5.12. The third kappa shape index (κ3) is 3.01. The molecule has 1 aliphatic carbocycles. The van der Waals surface area contributed by atoms with E-state index in [-0.39, 0.29) is 12.1 Å². The van der Waals surface area contributed by atoms with Crippen molar-refractivity contribution in [2.24, 2.45) is 5.92 Å². The highest BCUT2D eigenvalue weighted by molar-refractivity contribution is 5.87. The average molecular weight is 296 g/mol. The fraction of sp³-hybridized carbons (Fsp3) is 0.875. The molecule has 1 saturated carbocycles. The maximum absolute atomic E-state index is 12.6. The van der Waals surface area contributed by atoms with Crippen molar-refractivity contribution in [3.63, 3.8) is 0 Å². The van der Waals surface area contributed by atoms with E-state index in [0.717, 1.165) is 25.7 Å². The van der Waals surface area contributed by atoms with Crippen LogP contribution in [0.3, 0.4) is 0 Å². The van der Waals surface area contributed by atoms with Gasteiger partial charge < -0.3 is 15.3 Å². The second-order valence-electron chi connectivity index (χ2n) is 6.45. The van der Waals surface area contributed by atoms with Crippen molar-refractivity contribution in [3.8, 4) is 0 Å². The molecule has 3 atom stereocenters. The summed E-state index contributed by atoms with van der Waals surface area (Å²) in [6.07, 6.45) is 7.45. The number of carbonyl (C=O) groups is 2. The van der Waals surface area contributed by atoms with E-state index in [1.165, 1.54) is 12.8 Å². The number of carbonyl (C=O) groups excluding carboxylic acids is 1. The van der Waals surface area contributed by atoms with Crippen LogP contribution in [0.5, 0.6) is 0 Å². The fourth-order valence-corrected chi connectivity index (χ4v) is 4.04. The third-order valence-corrected chi connectivity index (χ3v) is 5.46. The molecular formula is C16H28N2O3. The van der Waals surface area contributed by atoms with Gasteiger partial charge in [-0.2, -0.15) is 0 Å². The number of urea groups is 1. The Labute approximate surface area is 127 Å².